The Balaban J connectivity index is 1.56. The first-order chi connectivity index (χ1) is 14.5. The highest BCUT2D eigenvalue weighted by atomic mass is 16.6. The van der Waals surface area contributed by atoms with Gasteiger partial charge in [-0.3, -0.25) is 19.4 Å². The quantitative estimate of drug-likeness (QED) is 0.611. The highest BCUT2D eigenvalue weighted by Crippen LogP contribution is 2.28. The summed E-state index contributed by atoms with van der Waals surface area (Å²) in [7, 11) is 3.15. The van der Waals surface area contributed by atoms with Gasteiger partial charge in [-0.1, -0.05) is 6.07 Å². The number of rotatable bonds is 7. The summed E-state index contributed by atoms with van der Waals surface area (Å²) in [4.78, 5) is 41.3. The highest BCUT2D eigenvalue weighted by molar-refractivity contribution is 6.04. The maximum atomic E-state index is 12.9. The second kappa shape index (κ2) is 9.80. The first kappa shape index (κ1) is 21.9. The van der Waals surface area contributed by atoms with E-state index in [4.69, 9.17) is 14.2 Å². The molecule has 1 N–H and O–H groups in total. The number of imide groups is 1. The second-order valence-corrected chi connectivity index (χ2v) is 7.42. The van der Waals surface area contributed by atoms with E-state index >= 15 is 0 Å². The van der Waals surface area contributed by atoms with Crippen LogP contribution in [0.15, 0.2) is 18.2 Å². The van der Waals surface area contributed by atoms with Crippen LogP contribution in [0.5, 0.6) is 11.5 Å². The molecule has 3 rings (SSSR count). The van der Waals surface area contributed by atoms with Crippen LogP contribution in [0, 0.1) is 0 Å². The lowest BCUT2D eigenvalue weighted by molar-refractivity contribution is -0.918. The Labute approximate surface area is 176 Å². The van der Waals surface area contributed by atoms with Gasteiger partial charge in [-0.05, 0) is 31.0 Å². The van der Waals surface area contributed by atoms with E-state index in [1.54, 1.807) is 26.0 Å². The van der Waals surface area contributed by atoms with Gasteiger partial charge in [0.05, 0.1) is 53.4 Å². The van der Waals surface area contributed by atoms with Crippen LogP contribution in [0.4, 0.5) is 4.79 Å². The van der Waals surface area contributed by atoms with E-state index < -0.39 is 0 Å². The minimum atomic E-state index is -0.368. The number of benzene rings is 1. The number of quaternary nitrogens is 1. The van der Waals surface area contributed by atoms with E-state index in [0.717, 1.165) is 10.5 Å². The molecule has 0 bridgehead atoms. The van der Waals surface area contributed by atoms with Gasteiger partial charge >= 0.3 is 6.09 Å². The van der Waals surface area contributed by atoms with E-state index in [-0.39, 0.29) is 30.4 Å². The standard InChI is InChI=1S/C21H29N3O6/c1-4-30-21(27)23-11-9-22(10-12-23)16-14-19(25)24(20(16)26)8-7-15-5-6-17(28-2)18(13-15)29-3/h5-6,13,16H,4,7-12,14H2,1-3H3/p+1/t16-/m0/s1. The Kier molecular flexibility index (Phi) is 7.15. The van der Waals surface area contributed by atoms with E-state index in [0.29, 0.717) is 57.3 Å². The van der Waals surface area contributed by atoms with Crippen molar-refractivity contribution in [3.63, 3.8) is 0 Å². The van der Waals surface area contributed by atoms with Gasteiger partial charge in [0.1, 0.15) is 0 Å². The van der Waals surface area contributed by atoms with Crippen LogP contribution >= 0.6 is 0 Å². The van der Waals surface area contributed by atoms with Crippen LogP contribution in [0.1, 0.15) is 18.9 Å². The molecule has 2 saturated heterocycles. The van der Waals surface area contributed by atoms with Gasteiger partial charge < -0.3 is 19.1 Å². The molecule has 3 amide bonds. The molecule has 2 aliphatic heterocycles. The zero-order chi connectivity index (χ0) is 21.7. The Hall–Kier alpha value is -2.81. The largest absolute Gasteiger partial charge is 0.493 e. The lowest BCUT2D eigenvalue weighted by Crippen LogP contribution is -3.19. The number of likely N-dealkylation sites (tertiary alicyclic amines) is 1. The first-order valence-corrected chi connectivity index (χ1v) is 10.3. The molecule has 1 aromatic carbocycles. The zero-order valence-corrected chi connectivity index (χ0v) is 17.8. The molecule has 9 heteroatoms. The normalized spacial score (nSPS) is 19.9. The number of carbonyl (C=O) groups excluding carboxylic acids is 3. The van der Waals surface area contributed by atoms with Crippen molar-refractivity contribution in [2.75, 3.05) is 53.6 Å². The van der Waals surface area contributed by atoms with Crippen LogP contribution in [-0.2, 0) is 20.7 Å². The maximum Gasteiger partial charge on any atom is 0.410 e. The minimum Gasteiger partial charge on any atom is -0.493 e. The molecule has 2 heterocycles. The van der Waals surface area contributed by atoms with Gasteiger partial charge in [-0.25, -0.2) is 4.79 Å². The fourth-order valence-corrected chi connectivity index (χ4v) is 4.05. The van der Waals surface area contributed by atoms with Crippen molar-refractivity contribution in [2.24, 2.45) is 0 Å². The molecule has 0 radical (unpaired) electrons. The molecule has 2 fully saturated rings. The SMILES string of the molecule is CCOC(=O)N1CC[NH+]([C@H]2CC(=O)N(CCc3ccc(OC)c(OC)c3)C2=O)CC1. The number of nitrogens with zero attached hydrogens (tertiary/aromatic N) is 2. The predicted octanol–water partition coefficient (Wildman–Crippen LogP) is -0.269. The van der Waals surface area contributed by atoms with Crippen molar-refractivity contribution in [1.29, 1.82) is 0 Å². The van der Waals surface area contributed by atoms with Crippen molar-refractivity contribution in [3.05, 3.63) is 23.8 Å². The zero-order valence-electron chi connectivity index (χ0n) is 17.8. The van der Waals surface area contributed by atoms with Crippen LogP contribution in [-0.4, -0.2) is 87.3 Å². The summed E-state index contributed by atoms with van der Waals surface area (Å²) in [5.74, 6) is 1.00. The minimum absolute atomic E-state index is 0.125. The Morgan fingerprint density at radius 3 is 2.47 bits per heavy atom. The lowest BCUT2D eigenvalue weighted by Gasteiger charge is -2.33. The summed E-state index contributed by atoms with van der Waals surface area (Å²) >= 11 is 0. The van der Waals surface area contributed by atoms with Crippen molar-refractivity contribution in [2.45, 2.75) is 25.8 Å². The Bertz CT molecular complexity index is 791. The number of piperazine rings is 1. The number of nitrogens with one attached hydrogen (secondary N) is 1. The van der Waals surface area contributed by atoms with Gasteiger partial charge in [0.2, 0.25) is 5.91 Å². The summed E-state index contributed by atoms with van der Waals surface area (Å²) < 4.78 is 15.6. The average molecular weight is 420 g/mol. The molecule has 164 valence electrons. The Morgan fingerprint density at radius 2 is 1.83 bits per heavy atom. The van der Waals surface area contributed by atoms with Crippen molar-refractivity contribution < 1.29 is 33.5 Å². The number of ether oxygens (including phenoxy) is 3. The smallest absolute Gasteiger partial charge is 0.410 e. The van der Waals surface area contributed by atoms with Gasteiger partial charge in [-0.15, -0.1) is 0 Å². The molecule has 1 aromatic rings. The first-order valence-electron chi connectivity index (χ1n) is 10.3. The number of carbonyl (C=O) groups is 3. The molecular formula is C21H30N3O6+. The monoisotopic (exact) mass is 420 g/mol. The number of hydrogen-bond donors (Lipinski definition) is 1. The highest BCUT2D eigenvalue weighted by Gasteiger charge is 2.45. The number of methoxy groups -OCH3 is 2. The van der Waals surface area contributed by atoms with Crippen LogP contribution in [0.25, 0.3) is 0 Å². The van der Waals surface area contributed by atoms with Crippen molar-refractivity contribution in [1.82, 2.24) is 9.80 Å². The van der Waals surface area contributed by atoms with Crippen molar-refractivity contribution >= 4 is 17.9 Å². The molecule has 0 aromatic heterocycles. The second-order valence-electron chi connectivity index (χ2n) is 7.42. The van der Waals surface area contributed by atoms with E-state index in [1.807, 2.05) is 18.2 Å². The molecule has 0 saturated carbocycles. The maximum absolute atomic E-state index is 12.9. The molecule has 9 nitrogen and oxygen atoms in total. The van der Waals surface area contributed by atoms with E-state index in [9.17, 15) is 14.4 Å². The fraction of sp³-hybridized carbons (Fsp3) is 0.571. The summed E-state index contributed by atoms with van der Waals surface area (Å²) in [6, 6.07) is 5.22. The van der Waals surface area contributed by atoms with Gasteiger partial charge in [-0.2, -0.15) is 0 Å². The Morgan fingerprint density at radius 1 is 1.13 bits per heavy atom. The number of hydrogen-bond acceptors (Lipinski definition) is 6. The fourth-order valence-electron chi connectivity index (χ4n) is 4.05. The van der Waals surface area contributed by atoms with E-state index in [1.165, 1.54) is 4.90 Å². The third-order valence-electron chi connectivity index (χ3n) is 5.74. The topological polar surface area (TPSA) is 89.8 Å². The molecule has 0 spiro atoms. The van der Waals surface area contributed by atoms with Gasteiger partial charge in [0.15, 0.2) is 17.5 Å². The van der Waals surface area contributed by atoms with Crippen molar-refractivity contribution in [3.8, 4) is 11.5 Å². The summed E-state index contributed by atoms with van der Waals surface area (Å²) in [5.41, 5.74) is 0.965. The lowest BCUT2D eigenvalue weighted by atomic mass is 10.1. The predicted molar refractivity (Wildman–Crippen MR) is 108 cm³/mol. The third kappa shape index (κ3) is 4.67. The van der Waals surface area contributed by atoms with Gasteiger partial charge in [0.25, 0.3) is 5.91 Å². The van der Waals surface area contributed by atoms with Gasteiger partial charge in [0, 0.05) is 6.54 Å². The summed E-state index contributed by atoms with van der Waals surface area (Å²) in [6.45, 7) is 4.77. The van der Waals surface area contributed by atoms with Crippen LogP contribution in [0.2, 0.25) is 0 Å². The molecule has 30 heavy (non-hydrogen) atoms. The average Bonchev–Trinajstić information content (AvgIpc) is 3.05. The molecular weight excluding hydrogens is 390 g/mol. The molecule has 1 atom stereocenters. The summed E-state index contributed by atoms with van der Waals surface area (Å²) in [6.07, 6.45) is 0.456. The molecule has 0 aliphatic carbocycles. The summed E-state index contributed by atoms with van der Waals surface area (Å²) in [5, 5.41) is 0. The molecule has 2 aliphatic rings. The molecule has 0 unspecified atom stereocenters. The van der Waals surface area contributed by atoms with Crippen LogP contribution < -0.4 is 14.4 Å². The number of amides is 3. The van der Waals surface area contributed by atoms with Crippen LogP contribution in [0.3, 0.4) is 0 Å². The third-order valence-corrected chi connectivity index (χ3v) is 5.74. The van der Waals surface area contributed by atoms with E-state index in [2.05, 4.69) is 0 Å².